The lowest BCUT2D eigenvalue weighted by molar-refractivity contribution is 0.0664. The summed E-state index contributed by atoms with van der Waals surface area (Å²) in [5.74, 6) is -0.679. The van der Waals surface area contributed by atoms with E-state index >= 15 is 0 Å². The van der Waals surface area contributed by atoms with E-state index in [1.165, 1.54) is 18.4 Å². The van der Waals surface area contributed by atoms with Gasteiger partial charge in [0.05, 0.1) is 25.1 Å². The van der Waals surface area contributed by atoms with Crippen molar-refractivity contribution in [2.45, 2.75) is 18.0 Å². The lowest BCUT2D eigenvalue weighted by Gasteiger charge is -2.37. The number of hydrogen-bond acceptors (Lipinski definition) is 7. The van der Waals surface area contributed by atoms with Crippen LogP contribution >= 0.6 is 11.3 Å². The summed E-state index contributed by atoms with van der Waals surface area (Å²) in [6, 6.07) is 22.3. The van der Waals surface area contributed by atoms with E-state index < -0.39 is 23.4 Å². The summed E-state index contributed by atoms with van der Waals surface area (Å²) < 4.78 is 11.5. The summed E-state index contributed by atoms with van der Waals surface area (Å²) in [7, 11) is 3.08. The molecule has 2 aliphatic heterocycles. The maximum Gasteiger partial charge on any atom is 0.195 e. The first-order valence-corrected chi connectivity index (χ1v) is 13.9. The Kier molecular flexibility index (Phi) is 5.54. The van der Waals surface area contributed by atoms with E-state index in [0.717, 1.165) is 11.3 Å². The van der Waals surface area contributed by atoms with Gasteiger partial charge < -0.3 is 14.4 Å². The molecule has 0 bridgehead atoms. The Labute approximate surface area is 235 Å². The molecule has 0 unspecified atom stereocenters. The molecule has 3 atom stereocenters. The van der Waals surface area contributed by atoms with Gasteiger partial charge in [-0.25, -0.2) is 0 Å². The van der Waals surface area contributed by atoms with Crippen LogP contribution in [0.25, 0.3) is 6.08 Å². The van der Waals surface area contributed by atoms with Gasteiger partial charge in [-0.1, -0.05) is 72.8 Å². The summed E-state index contributed by atoms with van der Waals surface area (Å²) >= 11 is 1.35. The molecule has 0 N–H and O–H groups in total. The summed E-state index contributed by atoms with van der Waals surface area (Å²) in [5.41, 5.74) is 1.50. The third kappa shape index (κ3) is 3.06. The van der Waals surface area contributed by atoms with Crippen molar-refractivity contribution >= 4 is 40.4 Å². The predicted octanol–water partition coefficient (Wildman–Crippen LogP) is 6.08. The number of fused-ring (bicyclic) bond motifs is 5. The number of para-hydroxylation sites is 2. The number of anilines is 1. The number of carbonyl (C=O) groups excluding carboxylic acids is 3. The number of nitrogens with zero attached hydrogens (tertiary/aromatic N) is 1. The summed E-state index contributed by atoms with van der Waals surface area (Å²) in [6.07, 6.45) is 3.88. The Hall–Kier alpha value is -4.49. The topological polar surface area (TPSA) is 72.9 Å². The average molecular weight is 548 g/mol. The van der Waals surface area contributed by atoms with Crippen molar-refractivity contribution in [3.05, 3.63) is 117 Å². The maximum atomic E-state index is 14.7. The number of Topliss-reactive ketones (excluding diaryl/α,β-unsaturated/α-hetero) is 3. The minimum absolute atomic E-state index is 0.145. The van der Waals surface area contributed by atoms with Crippen LogP contribution in [0.3, 0.4) is 0 Å². The van der Waals surface area contributed by atoms with Gasteiger partial charge in [-0.3, -0.25) is 14.4 Å². The van der Waals surface area contributed by atoms with E-state index in [9.17, 15) is 14.4 Å². The van der Waals surface area contributed by atoms with Crippen LogP contribution in [0.15, 0.2) is 90.3 Å². The smallest absolute Gasteiger partial charge is 0.195 e. The zero-order valence-corrected chi connectivity index (χ0v) is 22.7. The summed E-state index contributed by atoms with van der Waals surface area (Å²) in [5, 5.41) is 1.86. The highest BCUT2D eigenvalue weighted by molar-refractivity contribution is 7.12. The average Bonchev–Trinajstić information content (AvgIpc) is 3.70. The molecule has 0 amide bonds. The van der Waals surface area contributed by atoms with Crippen molar-refractivity contribution in [2.24, 2.45) is 5.41 Å². The molecule has 1 spiro atoms. The van der Waals surface area contributed by atoms with Crippen LogP contribution in [0.4, 0.5) is 5.69 Å². The van der Waals surface area contributed by atoms with E-state index in [1.54, 1.807) is 43.5 Å². The summed E-state index contributed by atoms with van der Waals surface area (Å²) in [6.45, 7) is 0. The molecule has 0 saturated carbocycles. The van der Waals surface area contributed by atoms with E-state index in [-0.39, 0.29) is 17.3 Å². The number of ketones is 3. The SMILES string of the molecule is COc1cccc([C@H]2[C@@H](C(=O)c3cccs3)N3c4ccccc4C=C[C@@H]3C23C(=O)c2ccccc2C3=O)c1OC. The Morgan fingerprint density at radius 1 is 0.850 bits per heavy atom. The van der Waals surface area contributed by atoms with Crippen LogP contribution in [0.1, 0.15) is 47.4 Å². The van der Waals surface area contributed by atoms with Gasteiger partial charge in [-0.15, -0.1) is 11.3 Å². The van der Waals surface area contributed by atoms with Crippen molar-refractivity contribution in [1.29, 1.82) is 0 Å². The minimum atomic E-state index is -1.59. The zero-order chi connectivity index (χ0) is 27.6. The lowest BCUT2D eigenvalue weighted by Crippen LogP contribution is -2.48. The van der Waals surface area contributed by atoms with E-state index in [0.29, 0.717) is 33.1 Å². The van der Waals surface area contributed by atoms with Crippen molar-refractivity contribution in [3.63, 3.8) is 0 Å². The van der Waals surface area contributed by atoms with Gasteiger partial charge in [-0.2, -0.15) is 0 Å². The number of ether oxygens (including phenoxy) is 2. The van der Waals surface area contributed by atoms with Gasteiger partial charge >= 0.3 is 0 Å². The first-order valence-electron chi connectivity index (χ1n) is 13.1. The van der Waals surface area contributed by atoms with Gasteiger partial charge in [-0.05, 0) is 29.1 Å². The van der Waals surface area contributed by atoms with Crippen molar-refractivity contribution in [2.75, 3.05) is 19.1 Å². The molecule has 3 heterocycles. The van der Waals surface area contributed by atoms with E-state index in [1.807, 2.05) is 64.9 Å². The van der Waals surface area contributed by atoms with Crippen molar-refractivity contribution < 1.29 is 23.9 Å². The first kappa shape index (κ1) is 24.5. The molecule has 1 saturated heterocycles. The summed E-state index contributed by atoms with van der Waals surface area (Å²) in [4.78, 5) is 46.6. The highest BCUT2D eigenvalue weighted by Crippen LogP contribution is 2.62. The molecule has 7 heteroatoms. The first-order chi connectivity index (χ1) is 19.5. The Bertz CT molecular complexity index is 1690. The number of carbonyl (C=O) groups is 3. The molecule has 198 valence electrons. The molecule has 1 fully saturated rings. The monoisotopic (exact) mass is 547 g/mol. The number of rotatable bonds is 5. The van der Waals surface area contributed by atoms with Gasteiger partial charge in [0.15, 0.2) is 28.8 Å². The predicted molar refractivity (Wildman–Crippen MR) is 154 cm³/mol. The number of benzene rings is 3. The normalized spacial score (nSPS) is 21.8. The Morgan fingerprint density at radius 3 is 2.25 bits per heavy atom. The molecule has 6 nitrogen and oxygen atoms in total. The zero-order valence-electron chi connectivity index (χ0n) is 21.9. The van der Waals surface area contributed by atoms with Gasteiger partial charge in [0.1, 0.15) is 11.5 Å². The highest BCUT2D eigenvalue weighted by atomic mass is 32.1. The molecule has 1 aromatic heterocycles. The standard InChI is InChI=1S/C33H25NO5S/c1-38-24-14-7-12-22(30(24)39-2)27-28(29(35)25-15-8-18-40-25)34-23-13-6-3-9-19(23)16-17-26(34)33(27)31(36)20-10-4-5-11-21(20)32(33)37/h3-18,26-28H,1-2H3/t26-,27+,28+/m1/s1. The molecule has 4 aromatic rings. The van der Waals surface area contributed by atoms with Crippen LogP contribution < -0.4 is 14.4 Å². The van der Waals surface area contributed by atoms with E-state index in [4.69, 9.17) is 9.47 Å². The third-order valence-electron chi connectivity index (χ3n) is 8.51. The molecule has 1 aliphatic carbocycles. The third-order valence-corrected chi connectivity index (χ3v) is 9.40. The highest BCUT2D eigenvalue weighted by Gasteiger charge is 2.72. The molecule has 3 aliphatic rings. The Morgan fingerprint density at radius 2 is 1.57 bits per heavy atom. The van der Waals surface area contributed by atoms with Gasteiger partial charge in [0, 0.05) is 28.3 Å². The van der Waals surface area contributed by atoms with Crippen LogP contribution in [-0.2, 0) is 0 Å². The van der Waals surface area contributed by atoms with Crippen LogP contribution in [0, 0.1) is 5.41 Å². The van der Waals surface area contributed by atoms with Crippen LogP contribution in [0.5, 0.6) is 11.5 Å². The second kappa shape index (κ2) is 9.03. The van der Waals surface area contributed by atoms with Crippen molar-refractivity contribution in [3.8, 4) is 11.5 Å². The van der Waals surface area contributed by atoms with Gasteiger partial charge in [0.2, 0.25) is 0 Å². The Balaban J connectivity index is 1.59. The quantitative estimate of drug-likeness (QED) is 0.223. The second-order valence-corrected chi connectivity index (χ2v) is 11.1. The number of thiophene rings is 1. The van der Waals surface area contributed by atoms with Crippen LogP contribution in [0.2, 0.25) is 0 Å². The molecule has 3 aromatic carbocycles. The largest absolute Gasteiger partial charge is 0.493 e. The molecule has 0 radical (unpaired) electrons. The van der Waals surface area contributed by atoms with E-state index in [2.05, 4.69) is 0 Å². The fourth-order valence-electron chi connectivity index (χ4n) is 6.98. The van der Waals surface area contributed by atoms with Crippen molar-refractivity contribution in [1.82, 2.24) is 0 Å². The van der Waals surface area contributed by atoms with Crippen LogP contribution in [-0.4, -0.2) is 43.7 Å². The number of hydrogen-bond donors (Lipinski definition) is 0. The second-order valence-electron chi connectivity index (χ2n) is 10.2. The molecule has 7 rings (SSSR count). The lowest BCUT2D eigenvalue weighted by atomic mass is 9.64. The molecular weight excluding hydrogens is 522 g/mol. The minimum Gasteiger partial charge on any atom is -0.493 e. The molecule has 40 heavy (non-hydrogen) atoms. The number of methoxy groups -OCH3 is 2. The van der Waals surface area contributed by atoms with Gasteiger partial charge in [0.25, 0.3) is 0 Å². The fourth-order valence-corrected chi connectivity index (χ4v) is 7.68. The fraction of sp³-hybridized carbons (Fsp3) is 0.182. The molecular formula is C33H25NO5S. The maximum absolute atomic E-state index is 14.7.